The molecule has 35 heavy (non-hydrogen) atoms. The van der Waals surface area contributed by atoms with E-state index in [1.165, 1.54) is 6.92 Å². The largest absolute Gasteiger partial charge is 0.444 e. The third-order valence-electron chi connectivity index (χ3n) is 5.75. The van der Waals surface area contributed by atoms with Gasteiger partial charge in [0.2, 0.25) is 0 Å². The molecule has 3 unspecified atom stereocenters. The van der Waals surface area contributed by atoms with Crippen molar-refractivity contribution in [3.63, 3.8) is 0 Å². The maximum atomic E-state index is 15.7. The number of nitrogens with zero attached hydrogens (tertiary/aromatic N) is 2. The maximum absolute atomic E-state index is 15.7. The van der Waals surface area contributed by atoms with Gasteiger partial charge in [0, 0.05) is 11.6 Å². The zero-order valence-electron chi connectivity index (χ0n) is 21.3. The molecule has 2 N–H and O–H groups in total. The van der Waals surface area contributed by atoms with E-state index in [0.29, 0.717) is 12.8 Å². The van der Waals surface area contributed by atoms with Crippen LogP contribution in [0.2, 0.25) is 5.15 Å². The molecule has 11 heteroatoms. The lowest BCUT2D eigenvalue weighted by Crippen LogP contribution is -2.50. The summed E-state index contributed by atoms with van der Waals surface area (Å²) in [5.41, 5.74) is -1.65. The zero-order chi connectivity index (χ0) is 26.3. The minimum Gasteiger partial charge on any atom is -0.444 e. The van der Waals surface area contributed by atoms with Crippen LogP contribution in [-0.4, -0.2) is 51.3 Å². The van der Waals surface area contributed by atoms with Crippen LogP contribution in [0.1, 0.15) is 96.1 Å². The first kappa shape index (κ1) is 27.0. The van der Waals surface area contributed by atoms with Crippen LogP contribution in [-0.2, 0) is 9.47 Å². The average molecular weight is 513 g/mol. The highest BCUT2D eigenvalue weighted by atomic mass is 35.5. The Bertz CT molecular complexity index is 1020. The number of anilines is 1. The Kier molecular flexibility index (Phi) is 7.55. The lowest BCUT2D eigenvalue weighted by atomic mass is 9.90. The molecule has 194 valence electrons. The number of halogens is 2. The predicted molar refractivity (Wildman–Crippen MR) is 129 cm³/mol. The van der Waals surface area contributed by atoms with Crippen LogP contribution in [0.4, 0.5) is 19.8 Å². The average Bonchev–Trinajstić information content (AvgIpc) is 2.95. The zero-order valence-corrected chi connectivity index (χ0v) is 22.0. The number of hydrogen-bond donors (Lipinski definition) is 2. The van der Waals surface area contributed by atoms with E-state index < -0.39 is 41.2 Å². The number of imide groups is 1. The standard InChI is InChI=1S/C24H34ClFN4O5/c1-12-15-16(20(31)30(12)22(33)35-24(5,6)7)18(25)29-19(17(15)26)27-13-10-8-9-11-14(13)28-21(32)34-23(2,3)4/h12-14H,8-11H2,1-7H3,(H,27,29)(H,28,32). The van der Waals surface area contributed by atoms with Crippen LogP contribution >= 0.6 is 11.6 Å². The Morgan fingerprint density at radius 3 is 2.20 bits per heavy atom. The molecule has 1 aromatic heterocycles. The van der Waals surface area contributed by atoms with E-state index in [1.807, 2.05) is 0 Å². The van der Waals surface area contributed by atoms with Crippen molar-refractivity contribution in [2.75, 3.05) is 5.32 Å². The second-order valence-corrected chi connectivity index (χ2v) is 11.3. The molecule has 0 saturated heterocycles. The molecule has 3 atom stereocenters. The molecule has 1 aliphatic heterocycles. The molecule has 0 aromatic carbocycles. The Morgan fingerprint density at radius 2 is 1.63 bits per heavy atom. The Labute approximate surface area is 210 Å². The Balaban J connectivity index is 1.85. The molecule has 3 amide bonds. The van der Waals surface area contributed by atoms with Gasteiger partial charge in [-0.2, -0.15) is 0 Å². The number of fused-ring (bicyclic) bond motifs is 1. The fraction of sp³-hybridized carbons (Fsp3) is 0.667. The molecule has 9 nitrogen and oxygen atoms in total. The van der Waals surface area contributed by atoms with E-state index in [0.717, 1.165) is 17.7 Å². The van der Waals surface area contributed by atoms with Crippen molar-refractivity contribution in [2.24, 2.45) is 0 Å². The molecule has 3 rings (SSSR count). The Morgan fingerprint density at radius 1 is 1.06 bits per heavy atom. The molecule has 1 saturated carbocycles. The first-order valence-corrected chi connectivity index (χ1v) is 12.2. The fourth-order valence-electron chi connectivity index (χ4n) is 4.33. The summed E-state index contributed by atoms with van der Waals surface area (Å²) in [6.45, 7) is 11.9. The highest BCUT2D eigenvalue weighted by molar-refractivity contribution is 6.33. The first-order valence-electron chi connectivity index (χ1n) is 11.8. The summed E-state index contributed by atoms with van der Waals surface area (Å²) >= 11 is 6.31. The van der Waals surface area contributed by atoms with Gasteiger partial charge in [-0.15, -0.1) is 0 Å². The molecular formula is C24H34ClFN4O5. The third-order valence-corrected chi connectivity index (χ3v) is 6.02. The molecule has 2 heterocycles. The summed E-state index contributed by atoms with van der Waals surface area (Å²) in [6.07, 6.45) is 1.68. The number of rotatable bonds is 3. The fourth-order valence-corrected chi connectivity index (χ4v) is 4.60. The van der Waals surface area contributed by atoms with E-state index in [4.69, 9.17) is 21.1 Å². The Hall–Kier alpha value is -2.62. The van der Waals surface area contributed by atoms with Crippen LogP contribution in [0.5, 0.6) is 0 Å². The van der Waals surface area contributed by atoms with Gasteiger partial charge in [-0.05, 0) is 61.3 Å². The highest BCUT2D eigenvalue weighted by Crippen LogP contribution is 2.41. The number of carbonyl (C=O) groups is 3. The molecule has 1 fully saturated rings. The number of nitrogens with one attached hydrogen (secondary N) is 2. The van der Waals surface area contributed by atoms with Crippen molar-refractivity contribution in [3.05, 3.63) is 22.1 Å². The summed E-state index contributed by atoms with van der Waals surface area (Å²) in [5, 5.41) is 5.72. The molecule has 0 spiro atoms. The first-order chi connectivity index (χ1) is 16.1. The maximum Gasteiger partial charge on any atom is 0.417 e. The van der Waals surface area contributed by atoms with Crippen LogP contribution < -0.4 is 10.6 Å². The van der Waals surface area contributed by atoms with E-state index in [-0.39, 0.29) is 34.2 Å². The molecule has 1 aliphatic carbocycles. The van der Waals surface area contributed by atoms with Crippen molar-refractivity contribution < 1.29 is 28.2 Å². The number of aromatic nitrogens is 1. The van der Waals surface area contributed by atoms with Crippen molar-refractivity contribution >= 4 is 35.5 Å². The van der Waals surface area contributed by atoms with Gasteiger partial charge in [0.05, 0.1) is 17.6 Å². The SMILES string of the molecule is CC1c2c(F)c(NC3CCCCC3NC(=O)OC(C)(C)C)nc(Cl)c2C(=O)N1C(=O)OC(C)(C)C. The molecule has 0 radical (unpaired) electrons. The number of alkyl carbamates (subject to hydrolysis) is 1. The van der Waals surface area contributed by atoms with E-state index in [1.54, 1.807) is 41.5 Å². The molecule has 0 bridgehead atoms. The number of amides is 3. The summed E-state index contributed by atoms with van der Waals surface area (Å²) in [6, 6.07) is -1.58. The topological polar surface area (TPSA) is 110 Å². The smallest absolute Gasteiger partial charge is 0.417 e. The highest BCUT2D eigenvalue weighted by Gasteiger charge is 2.45. The third kappa shape index (κ3) is 6.15. The van der Waals surface area contributed by atoms with Gasteiger partial charge in [0.15, 0.2) is 11.6 Å². The quantitative estimate of drug-likeness (QED) is 0.509. The summed E-state index contributed by atoms with van der Waals surface area (Å²) in [7, 11) is 0. The van der Waals surface area contributed by atoms with Gasteiger partial charge in [0.1, 0.15) is 16.4 Å². The van der Waals surface area contributed by atoms with Crippen molar-refractivity contribution in [1.29, 1.82) is 0 Å². The predicted octanol–water partition coefficient (Wildman–Crippen LogP) is 5.57. The number of pyridine rings is 1. The van der Waals surface area contributed by atoms with Gasteiger partial charge in [-0.3, -0.25) is 4.79 Å². The van der Waals surface area contributed by atoms with Crippen molar-refractivity contribution in [2.45, 2.75) is 103 Å². The van der Waals surface area contributed by atoms with Crippen molar-refractivity contribution in [1.82, 2.24) is 15.2 Å². The van der Waals surface area contributed by atoms with Gasteiger partial charge in [-0.1, -0.05) is 24.4 Å². The van der Waals surface area contributed by atoms with Gasteiger partial charge >= 0.3 is 12.2 Å². The second kappa shape index (κ2) is 9.79. The summed E-state index contributed by atoms with van der Waals surface area (Å²) in [5.74, 6) is -1.66. The van der Waals surface area contributed by atoms with Gasteiger partial charge in [0.25, 0.3) is 5.91 Å². The van der Waals surface area contributed by atoms with Crippen LogP contribution in [0.15, 0.2) is 0 Å². The van der Waals surface area contributed by atoms with E-state index in [9.17, 15) is 14.4 Å². The van der Waals surface area contributed by atoms with E-state index >= 15 is 4.39 Å². The van der Waals surface area contributed by atoms with Crippen LogP contribution in [0.3, 0.4) is 0 Å². The number of ether oxygens (including phenoxy) is 2. The van der Waals surface area contributed by atoms with E-state index in [2.05, 4.69) is 15.6 Å². The second-order valence-electron chi connectivity index (χ2n) is 11.0. The number of hydrogen-bond acceptors (Lipinski definition) is 7. The lowest BCUT2D eigenvalue weighted by Gasteiger charge is -2.34. The van der Waals surface area contributed by atoms with Gasteiger partial charge in [-0.25, -0.2) is 23.9 Å². The summed E-state index contributed by atoms with van der Waals surface area (Å²) in [4.78, 5) is 42.9. The minimum absolute atomic E-state index is 0.0178. The normalized spacial score (nSPS) is 22.5. The van der Waals surface area contributed by atoms with Crippen molar-refractivity contribution in [3.8, 4) is 0 Å². The number of carbonyl (C=O) groups excluding carboxylic acids is 3. The summed E-state index contributed by atoms with van der Waals surface area (Å²) < 4.78 is 26.4. The monoisotopic (exact) mass is 512 g/mol. The van der Waals surface area contributed by atoms with Crippen LogP contribution in [0, 0.1) is 5.82 Å². The van der Waals surface area contributed by atoms with Gasteiger partial charge < -0.3 is 20.1 Å². The molecule has 2 aliphatic rings. The molecular weight excluding hydrogens is 479 g/mol. The lowest BCUT2D eigenvalue weighted by molar-refractivity contribution is 0.0201. The minimum atomic E-state index is -0.935. The van der Waals surface area contributed by atoms with Crippen LogP contribution in [0.25, 0.3) is 0 Å². The molecule has 1 aromatic rings.